The van der Waals surface area contributed by atoms with Crippen LogP contribution < -0.4 is 0 Å². The molecule has 1 N–H and O–H groups in total. The van der Waals surface area contributed by atoms with E-state index < -0.39 is 6.04 Å². The summed E-state index contributed by atoms with van der Waals surface area (Å²) >= 11 is 12.2. The summed E-state index contributed by atoms with van der Waals surface area (Å²) in [5, 5.41) is 7.59. The van der Waals surface area contributed by atoms with Crippen LogP contribution >= 0.6 is 23.2 Å². The van der Waals surface area contributed by atoms with Gasteiger partial charge < -0.3 is 9.88 Å². The van der Waals surface area contributed by atoms with E-state index in [-0.39, 0.29) is 24.4 Å². The van der Waals surface area contributed by atoms with Crippen molar-refractivity contribution in [2.45, 2.75) is 18.5 Å². The van der Waals surface area contributed by atoms with E-state index in [1.807, 2.05) is 48.5 Å². The van der Waals surface area contributed by atoms with Crippen molar-refractivity contribution in [2.24, 2.45) is 5.10 Å². The van der Waals surface area contributed by atoms with Crippen LogP contribution in [0.5, 0.6) is 0 Å². The van der Waals surface area contributed by atoms with E-state index >= 15 is 0 Å². The predicted molar refractivity (Wildman–Crippen MR) is 137 cm³/mol. The summed E-state index contributed by atoms with van der Waals surface area (Å²) in [6.45, 7) is -0.143. The lowest BCUT2D eigenvalue weighted by Gasteiger charge is -2.45. The lowest BCUT2D eigenvalue weighted by atomic mass is 9.86. The molecule has 0 unspecified atom stereocenters. The Morgan fingerprint density at radius 1 is 0.971 bits per heavy atom. The number of piperazine rings is 1. The first-order valence-electron chi connectivity index (χ1n) is 11.3. The van der Waals surface area contributed by atoms with Gasteiger partial charge in [-0.3, -0.25) is 9.59 Å². The summed E-state index contributed by atoms with van der Waals surface area (Å²) < 4.78 is 0. The number of carbonyl (C=O) groups is 2. The number of benzene rings is 3. The van der Waals surface area contributed by atoms with E-state index in [9.17, 15) is 9.59 Å². The van der Waals surface area contributed by atoms with E-state index in [1.165, 1.54) is 11.2 Å². The zero-order valence-electron chi connectivity index (χ0n) is 18.5. The molecule has 2 aliphatic rings. The number of carbonyl (C=O) groups excluding carboxylic acids is 2. The highest BCUT2D eigenvalue weighted by Gasteiger charge is 2.48. The molecule has 3 aromatic carbocycles. The SMILES string of the molecule is O=C1[C@@H]2Cc3c([nH]c4ccccc34)[C@H](c3ccccc3)N2C(=O)CN1/N=C\c1ccc(Cl)cc1Cl. The number of amides is 2. The summed E-state index contributed by atoms with van der Waals surface area (Å²) in [5.74, 6) is -0.380. The molecule has 2 amide bonds. The summed E-state index contributed by atoms with van der Waals surface area (Å²) in [7, 11) is 0. The number of para-hydroxylation sites is 1. The molecule has 0 spiro atoms. The number of nitrogens with zero attached hydrogens (tertiary/aromatic N) is 3. The number of rotatable bonds is 3. The van der Waals surface area contributed by atoms with Gasteiger partial charge >= 0.3 is 0 Å². The average Bonchev–Trinajstić information content (AvgIpc) is 3.24. The van der Waals surface area contributed by atoms with Crippen LogP contribution in [-0.2, 0) is 16.0 Å². The molecular weight excluding hydrogens is 483 g/mol. The fraction of sp³-hybridized carbons (Fsp3) is 0.148. The maximum atomic E-state index is 13.7. The molecule has 8 heteroatoms. The molecule has 2 aliphatic heterocycles. The Hall–Kier alpha value is -3.61. The van der Waals surface area contributed by atoms with Crippen LogP contribution in [0.2, 0.25) is 10.0 Å². The Balaban J connectivity index is 1.42. The molecule has 6 nitrogen and oxygen atoms in total. The number of halogens is 2. The Labute approximate surface area is 211 Å². The molecule has 0 bridgehead atoms. The van der Waals surface area contributed by atoms with Gasteiger partial charge in [-0.15, -0.1) is 0 Å². The number of hydrogen-bond donors (Lipinski definition) is 1. The number of aromatic nitrogens is 1. The van der Waals surface area contributed by atoms with Gasteiger partial charge in [0.2, 0.25) is 5.91 Å². The fourth-order valence-electron chi connectivity index (χ4n) is 5.07. The molecule has 1 saturated heterocycles. The van der Waals surface area contributed by atoms with Gasteiger partial charge in [0.25, 0.3) is 5.91 Å². The maximum absolute atomic E-state index is 13.7. The Morgan fingerprint density at radius 2 is 1.74 bits per heavy atom. The Kier molecular flexibility index (Phi) is 5.35. The van der Waals surface area contributed by atoms with Gasteiger partial charge in [0, 0.05) is 33.6 Å². The van der Waals surface area contributed by atoms with Crippen LogP contribution in [0.3, 0.4) is 0 Å². The highest BCUT2D eigenvalue weighted by Crippen LogP contribution is 2.42. The molecule has 0 aliphatic carbocycles. The number of nitrogens with one attached hydrogen (secondary N) is 1. The third kappa shape index (κ3) is 3.70. The highest BCUT2D eigenvalue weighted by molar-refractivity contribution is 6.36. The topological polar surface area (TPSA) is 68.8 Å². The maximum Gasteiger partial charge on any atom is 0.266 e. The van der Waals surface area contributed by atoms with E-state index in [0.717, 1.165) is 27.7 Å². The van der Waals surface area contributed by atoms with Crippen molar-refractivity contribution in [3.63, 3.8) is 0 Å². The van der Waals surface area contributed by atoms with Crippen LogP contribution in [0.25, 0.3) is 10.9 Å². The number of hydrogen-bond acceptors (Lipinski definition) is 3. The second-order valence-electron chi connectivity index (χ2n) is 8.70. The third-order valence-corrected chi connectivity index (χ3v) is 7.22. The normalized spacial score (nSPS) is 19.9. The van der Waals surface area contributed by atoms with E-state index in [1.54, 1.807) is 23.1 Å². The van der Waals surface area contributed by atoms with Gasteiger partial charge in [0.1, 0.15) is 12.6 Å². The van der Waals surface area contributed by atoms with E-state index in [2.05, 4.69) is 16.2 Å². The van der Waals surface area contributed by atoms with E-state index in [4.69, 9.17) is 23.2 Å². The first-order chi connectivity index (χ1) is 17.0. The minimum absolute atomic E-state index is 0.143. The van der Waals surface area contributed by atoms with Crippen molar-refractivity contribution in [1.29, 1.82) is 0 Å². The van der Waals surface area contributed by atoms with Crippen molar-refractivity contribution < 1.29 is 9.59 Å². The smallest absolute Gasteiger partial charge is 0.266 e. The summed E-state index contributed by atoms with van der Waals surface area (Å²) in [6, 6.07) is 21.8. The van der Waals surface area contributed by atoms with Crippen molar-refractivity contribution in [1.82, 2.24) is 14.9 Å². The molecule has 174 valence electrons. The predicted octanol–water partition coefficient (Wildman–Crippen LogP) is 5.19. The van der Waals surface area contributed by atoms with Crippen LogP contribution in [0.4, 0.5) is 0 Å². The van der Waals surface area contributed by atoms with Crippen molar-refractivity contribution in [2.75, 3.05) is 6.54 Å². The van der Waals surface area contributed by atoms with Crippen LogP contribution in [0.1, 0.15) is 28.4 Å². The minimum atomic E-state index is -0.661. The summed E-state index contributed by atoms with van der Waals surface area (Å²) in [6.07, 6.45) is 1.91. The van der Waals surface area contributed by atoms with Crippen LogP contribution in [0, 0.1) is 0 Å². The Bertz CT molecular complexity index is 1500. The number of aromatic amines is 1. The first-order valence-corrected chi connectivity index (χ1v) is 12.0. The van der Waals surface area contributed by atoms with Gasteiger partial charge in [0.05, 0.1) is 17.3 Å². The highest BCUT2D eigenvalue weighted by atomic mass is 35.5. The van der Waals surface area contributed by atoms with E-state index in [0.29, 0.717) is 22.0 Å². The zero-order valence-corrected chi connectivity index (χ0v) is 20.0. The molecule has 3 heterocycles. The second kappa shape index (κ2) is 8.56. The standard InChI is InChI=1S/C27H20Cl2N4O2/c28-18-11-10-17(21(29)12-18)14-30-32-15-24(34)33-23(27(32)35)13-20-19-8-4-5-9-22(19)31-25(20)26(33)16-6-2-1-3-7-16/h1-12,14,23,26,31H,13,15H2/b30-14-/t23-,26-/m0/s1. The lowest BCUT2D eigenvalue weighted by Crippen LogP contribution is -2.61. The van der Waals surface area contributed by atoms with Crippen molar-refractivity contribution >= 4 is 52.1 Å². The Morgan fingerprint density at radius 3 is 2.54 bits per heavy atom. The van der Waals surface area contributed by atoms with Gasteiger partial charge in [0.15, 0.2) is 0 Å². The third-order valence-electron chi connectivity index (χ3n) is 6.66. The number of H-pyrrole nitrogens is 1. The second-order valence-corrected chi connectivity index (χ2v) is 9.55. The minimum Gasteiger partial charge on any atom is -0.356 e. The van der Waals surface area contributed by atoms with Crippen molar-refractivity contribution in [3.05, 3.63) is 105 Å². The van der Waals surface area contributed by atoms with Gasteiger partial charge in [-0.25, -0.2) is 5.01 Å². The average molecular weight is 503 g/mol. The molecule has 4 aromatic rings. The molecule has 6 rings (SSSR count). The van der Waals surface area contributed by atoms with Gasteiger partial charge in [-0.2, -0.15) is 5.10 Å². The first kappa shape index (κ1) is 21.9. The molecule has 0 radical (unpaired) electrons. The molecule has 35 heavy (non-hydrogen) atoms. The molecular formula is C27H20Cl2N4O2. The van der Waals surface area contributed by atoms with Crippen LogP contribution in [0.15, 0.2) is 77.9 Å². The number of fused-ring (bicyclic) bond motifs is 4. The van der Waals surface area contributed by atoms with Crippen molar-refractivity contribution in [3.8, 4) is 0 Å². The summed E-state index contributed by atoms with van der Waals surface area (Å²) in [5.41, 5.74) is 4.58. The van der Waals surface area contributed by atoms with Gasteiger partial charge in [-0.05, 0) is 29.3 Å². The summed E-state index contributed by atoms with van der Waals surface area (Å²) in [4.78, 5) is 32.4. The lowest BCUT2D eigenvalue weighted by molar-refractivity contribution is -0.158. The zero-order chi connectivity index (χ0) is 24.1. The molecule has 1 aromatic heterocycles. The molecule has 1 fully saturated rings. The van der Waals surface area contributed by atoms with Crippen LogP contribution in [-0.4, -0.2) is 45.5 Å². The fourth-order valence-corrected chi connectivity index (χ4v) is 5.52. The quantitative estimate of drug-likeness (QED) is 0.391. The largest absolute Gasteiger partial charge is 0.356 e. The molecule has 2 atom stereocenters. The van der Waals surface area contributed by atoms with Gasteiger partial charge in [-0.1, -0.05) is 77.8 Å². The monoisotopic (exact) mass is 502 g/mol. The molecule has 0 saturated carbocycles. The number of hydrazone groups is 1.